The Labute approximate surface area is 104 Å². The number of aromatic nitrogens is 1. The van der Waals surface area contributed by atoms with Gasteiger partial charge in [0.15, 0.2) is 0 Å². The summed E-state index contributed by atoms with van der Waals surface area (Å²) in [4.78, 5) is 15.2. The summed E-state index contributed by atoms with van der Waals surface area (Å²) in [6, 6.07) is 8.84. The Balaban J connectivity index is 2.25. The van der Waals surface area contributed by atoms with Crippen LogP contribution in [0.15, 0.2) is 36.5 Å². The number of aliphatic carboxylic acids is 1. The first-order valence-corrected chi connectivity index (χ1v) is 5.67. The van der Waals surface area contributed by atoms with Crippen LogP contribution in [0.2, 0.25) is 0 Å². The maximum absolute atomic E-state index is 11.0. The summed E-state index contributed by atoms with van der Waals surface area (Å²) in [5, 5.41) is 19.0. The van der Waals surface area contributed by atoms with Gasteiger partial charge in [0.2, 0.25) is 0 Å². The third kappa shape index (κ3) is 1.46. The Bertz CT molecular complexity index is 637. The van der Waals surface area contributed by atoms with Crippen LogP contribution in [-0.4, -0.2) is 21.2 Å². The first kappa shape index (κ1) is 10.8. The molecule has 2 N–H and O–H groups in total. The molecular formula is C14H11NO3. The maximum atomic E-state index is 11.0. The van der Waals surface area contributed by atoms with Gasteiger partial charge in [-0.2, -0.15) is 0 Å². The molecule has 1 heterocycles. The number of benzene rings is 1. The zero-order chi connectivity index (χ0) is 12.7. The average molecular weight is 241 g/mol. The molecule has 2 aromatic rings. The van der Waals surface area contributed by atoms with Crippen molar-refractivity contribution < 1.29 is 15.0 Å². The molecule has 1 atom stereocenters. The van der Waals surface area contributed by atoms with Crippen LogP contribution in [0.5, 0.6) is 5.75 Å². The van der Waals surface area contributed by atoms with Gasteiger partial charge in [0.05, 0.1) is 12.1 Å². The summed E-state index contributed by atoms with van der Waals surface area (Å²) < 4.78 is 0. The third-order valence-corrected chi connectivity index (χ3v) is 3.28. The van der Waals surface area contributed by atoms with Crippen molar-refractivity contribution >= 4 is 5.97 Å². The van der Waals surface area contributed by atoms with E-state index in [9.17, 15) is 9.90 Å². The molecule has 1 aliphatic carbocycles. The Morgan fingerprint density at radius 1 is 1.22 bits per heavy atom. The van der Waals surface area contributed by atoms with Gasteiger partial charge in [-0.05, 0) is 23.3 Å². The number of aromatic hydroxyl groups is 1. The summed E-state index contributed by atoms with van der Waals surface area (Å²) in [6.07, 6.45) is 1.66. The molecule has 0 saturated carbocycles. The fourth-order valence-electron chi connectivity index (χ4n) is 2.58. The number of phenolic OH excluding ortho intramolecular Hbond substituents is 1. The van der Waals surface area contributed by atoms with E-state index in [0.717, 1.165) is 11.1 Å². The van der Waals surface area contributed by atoms with Crippen LogP contribution in [0.1, 0.15) is 23.5 Å². The number of carbonyl (C=O) groups is 1. The number of carboxylic acids is 1. The second kappa shape index (κ2) is 3.84. The van der Waals surface area contributed by atoms with Crippen LogP contribution >= 0.6 is 0 Å². The molecule has 90 valence electrons. The van der Waals surface area contributed by atoms with Crippen molar-refractivity contribution in [1.29, 1.82) is 0 Å². The number of fused-ring (bicyclic) bond motifs is 3. The van der Waals surface area contributed by atoms with Crippen molar-refractivity contribution in [3.63, 3.8) is 0 Å². The van der Waals surface area contributed by atoms with Crippen molar-refractivity contribution in [2.75, 3.05) is 0 Å². The first-order valence-electron chi connectivity index (χ1n) is 5.67. The zero-order valence-corrected chi connectivity index (χ0v) is 9.50. The van der Waals surface area contributed by atoms with E-state index in [4.69, 9.17) is 5.11 Å². The number of pyridine rings is 1. The van der Waals surface area contributed by atoms with E-state index in [2.05, 4.69) is 4.98 Å². The van der Waals surface area contributed by atoms with Gasteiger partial charge in [-0.25, -0.2) is 0 Å². The SMILES string of the molecule is O=C(O)CC1c2cccnc2-c2c(O)cccc21. The molecule has 3 rings (SSSR count). The van der Waals surface area contributed by atoms with Crippen molar-refractivity contribution in [3.8, 4) is 17.0 Å². The summed E-state index contributed by atoms with van der Waals surface area (Å²) in [7, 11) is 0. The lowest BCUT2D eigenvalue weighted by molar-refractivity contribution is -0.137. The summed E-state index contributed by atoms with van der Waals surface area (Å²) in [5.41, 5.74) is 3.07. The summed E-state index contributed by atoms with van der Waals surface area (Å²) in [6.45, 7) is 0. The quantitative estimate of drug-likeness (QED) is 0.846. The van der Waals surface area contributed by atoms with Crippen LogP contribution in [0.4, 0.5) is 0 Å². The van der Waals surface area contributed by atoms with Crippen LogP contribution in [-0.2, 0) is 4.79 Å². The van der Waals surface area contributed by atoms with Crippen LogP contribution in [0.3, 0.4) is 0 Å². The number of carboxylic acid groups (broad SMARTS) is 1. The van der Waals surface area contributed by atoms with Crippen molar-refractivity contribution in [2.24, 2.45) is 0 Å². The minimum Gasteiger partial charge on any atom is -0.507 e. The fourth-order valence-corrected chi connectivity index (χ4v) is 2.58. The van der Waals surface area contributed by atoms with E-state index in [1.807, 2.05) is 12.1 Å². The number of hydrogen-bond donors (Lipinski definition) is 2. The molecule has 0 bridgehead atoms. The molecule has 4 nitrogen and oxygen atoms in total. The number of nitrogens with zero attached hydrogens (tertiary/aromatic N) is 1. The molecule has 0 radical (unpaired) electrons. The van der Waals surface area contributed by atoms with E-state index in [1.54, 1.807) is 24.4 Å². The highest BCUT2D eigenvalue weighted by Crippen LogP contribution is 2.48. The summed E-state index contributed by atoms with van der Waals surface area (Å²) in [5.74, 6) is -0.931. The standard InChI is InChI=1S/C14H11NO3/c16-11-5-1-3-8-10(7-12(17)18)9-4-2-6-15-14(9)13(8)11/h1-6,10,16H,7H2,(H,17,18). The van der Waals surface area contributed by atoms with Crippen molar-refractivity contribution in [2.45, 2.75) is 12.3 Å². The van der Waals surface area contributed by atoms with Crippen LogP contribution in [0, 0.1) is 0 Å². The van der Waals surface area contributed by atoms with Gasteiger partial charge in [-0.15, -0.1) is 0 Å². The zero-order valence-electron chi connectivity index (χ0n) is 9.50. The molecule has 1 aromatic heterocycles. The second-order valence-electron chi connectivity index (χ2n) is 4.33. The van der Waals surface area contributed by atoms with E-state index in [-0.39, 0.29) is 18.1 Å². The highest BCUT2D eigenvalue weighted by Gasteiger charge is 2.32. The molecular weight excluding hydrogens is 230 g/mol. The van der Waals surface area contributed by atoms with Crippen molar-refractivity contribution in [3.05, 3.63) is 47.7 Å². The van der Waals surface area contributed by atoms with Crippen LogP contribution in [0.25, 0.3) is 11.3 Å². The van der Waals surface area contributed by atoms with Gasteiger partial charge in [-0.3, -0.25) is 9.78 Å². The van der Waals surface area contributed by atoms with Crippen molar-refractivity contribution in [1.82, 2.24) is 4.98 Å². The molecule has 1 aliphatic rings. The number of hydrogen-bond acceptors (Lipinski definition) is 3. The van der Waals surface area contributed by atoms with E-state index in [0.29, 0.717) is 11.3 Å². The highest BCUT2D eigenvalue weighted by molar-refractivity contribution is 5.83. The largest absolute Gasteiger partial charge is 0.507 e. The molecule has 1 unspecified atom stereocenters. The number of rotatable bonds is 2. The molecule has 0 aliphatic heterocycles. The van der Waals surface area contributed by atoms with E-state index in [1.165, 1.54) is 0 Å². The predicted molar refractivity (Wildman–Crippen MR) is 65.4 cm³/mol. The Morgan fingerprint density at radius 3 is 2.78 bits per heavy atom. The van der Waals surface area contributed by atoms with Gasteiger partial charge < -0.3 is 10.2 Å². The molecule has 0 fully saturated rings. The fraction of sp³-hybridized carbons (Fsp3) is 0.143. The highest BCUT2D eigenvalue weighted by atomic mass is 16.4. The Hall–Kier alpha value is -2.36. The third-order valence-electron chi connectivity index (χ3n) is 3.28. The normalized spacial score (nSPS) is 16.1. The smallest absolute Gasteiger partial charge is 0.304 e. The van der Waals surface area contributed by atoms with Gasteiger partial charge in [0.25, 0.3) is 0 Å². The predicted octanol–water partition coefficient (Wildman–Crippen LogP) is 2.37. The summed E-state index contributed by atoms with van der Waals surface area (Å²) >= 11 is 0. The Morgan fingerprint density at radius 2 is 2.00 bits per heavy atom. The van der Waals surface area contributed by atoms with Crippen LogP contribution < -0.4 is 0 Å². The molecule has 0 saturated heterocycles. The second-order valence-corrected chi connectivity index (χ2v) is 4.33. The molecule has 1 aromatic carbocycles. The Kier molecular flexibility index (Phi) is 2.30. The van der Waals surface area contributed by atoms with Gasteiger partial charge in [0.1, 0.15) is 5.75 Å². The van der Waals surface area contributed by atoms with Gasteiger partial charge >= 0.3 is 5.97 Å². The topological polar surface area (TPSA) is 70.4 Å². The van der Waals surface area contributed by atoms with E-state index < -0.39 is 5.97 Å². The molecule has 0 spiro atoms. The van der Waals surface area contributed by atoms with Gasteiger partial charge in [-0.1, -0.05) is 18.2 Å². The first-order chi connectivity index (χ1) is 8.68. The van der Waals surface area contributed by atoms with E-state index >= 15 is 0 Å². The lowest BCUT2D eigenvalue weighted by Crippen LogP contribution is -2.05. The van der Waals surface area contributed by atoms with Gasteiger partial charge in [0, 0.05) is 17.7 Å². The minimum atomic E-state index is -0.856. The molecule has 4 heteroatoms. The lowest BCUT2D eigenvalue weighted by atomic mass is 9.94. The lowest BCUT2D eigenvalue weighted by Gasteiger charge is -2.09. The monoisotopic (exact) mass is 241 g/mol. The minimum absolute atomic E-state index is 0.00907. The number of phenols is 1. The molecule has 18 heavy (non-hydrogen) atoms. The molecule has 0 amide bonds. The average Bonchev–Trinajstić information content (AvgIpc) is 2.65. The maximum Gasteiger partial charge on any atom is 0.304 e.